The minimum Gasteiger partial charge on any atom is -0.465 e. The maximum Gasteiger partial charge on any atom is 0.418 e. The van der Waals surface area contributed by atoms with Gasteiger partial charge in [-0.1, -0.05) is 0 Å². The normalized spacial score (nSPS) is 15.9. The van der Waals surface area contributed by atoms with E-state index in [1.807, 2.05) is 5.32 Å². The summed E-state index contributed by atoms with van der Waals surface area (Å²) in [6.45, 7) is 1.20. The zero-order valence-corrected chi connectivity index (χ0v) is 10.9. The number of hydrogen-bond acceptors (Lipinski definition) is 4. The molecule has 0 aliphatic carbocycles. The standard InChI is InChI=1S/C12H14F3N3O3/c13-12(14,15)7-5-8(16)9(17-11(19)20)6-10(7)18-1-3-21-4-2-18/h5-6,17H,1-4,16H2,(H,19,20). The van der Waals surface area contributed by atoms with Gasteiger partial charge in [0.05, 0.1) is 35.8 Å². The van der Waals surface area contributed by atoms with Gasteiger partial charge in [0.25, 0.3) is 0 Å². The molecule has 1 fully saturated rings. The molecule has 1 heterocycles. The van der Waals surface area contributed by atoms with Crippen molar-refractivity contribution < 1.29 is 27.8 Å². The number of carboxylic acid groups (broad SMARTS) is 1. The molecule has 1 saturated heterocycles. The van der Waals surface area contributed by atoms with Gasteiger partial charge in [-0.15, -0.1) is 0 Å². The van der Waals surface area contributed by atoms with E-state index in [4.69, 9.17) is 15.6 Å². The number of nitrogens with two attached hydrogens (primary N) is 1. The van der Waals surface area contributed by atoms with Gasteiger partial charge in [0.15, 0.2) is 0 Å². The van der Waals surface area contributed by atoms with Gasteiger partial charge in [0, 0.05) is 13.1 Å². The lowest BCUT2D eigenvalue weighted by Gasteiger charge is -2.31. The fourth-order valence-electron chi connectivity index (χ4n) is 2.12. The molecule has 0 radical (unpaired) electrons. The van der Waals surface area contributed by atoms with Crippen molar-refractivity contribution >= 4 is 23.2 Å². The van der Waals surface area contributed by atoms with Crippen LogP contribution in [0.1, 0.15) is 5.56 Å². The van der Waals surface area contributed by atoms with Gasteiger partial charge >= 0.3 is 12.3 Å². The summed E-state index contributed by atoms with van der Waals surface area (Å²) in [5.41, 5.74) is 4.15. The highest BCUT2D eigenvalue weighted by atomic mass is 19.4. The molecule has 1 aromatic rings. The van der Waals surface area contributed by atoms with E-state index >= 15 is 0 Å². The molecule has 0 aromatic heterocycles. The number of ether oxygens (including phenoxy) is 1. The second-order valence-electron chi connectivity index (χ2n) is 4.48. The number of halogens is 3. The summed E-state index contributed by atoms with van der Waals surface area (Å²) in [4.78, 5) is 12.2. The predicted octanol–water partition coefficient (Wildman–Crippen LogP) is 2.21. The van der Waals surface area contributed by atoms with Crippen molar-refractivity contribution in [2.24, 2.45) is 0 Å². The number of nitrogens with zero attached hydrogens (tertiary/aromatic N) is 1. The molecule has 4 N–H and O–H groups in total. The molecule has 0 saturated carbocycles. The van der Waals surface area contributed by atoms with Gasteiger partial charge in [0.1, 0.15) is 0 Å². The summed E-state index contributed by atoms with van der Waals surface area (Å²) in [6, 6.07) is 1.85. The van der Waals surface area contributed by atoms with Crippen LogP contribution in [0.3, 0.4) is 0 Å². The Morgan fingerprint density at radius 3 is 2.48 bits per heavy atom. The Morgan fingerprint density at radius 2 is 1.95 bits per heavy atom. The Balaban J connectivity index is 2.48. The molecule has 0 atom stereocenters. The highest BCUT2D eigenvalue weighted by Gasteiger charge is 2.36. The van der Waals surface area contributed by atoms with E-state index in [1.54, 1.807) is 0 Å². The SMILES string of the molecule is Nc1cc(C(F)(F)F)c(N2CCOCC2)cc1NC(=O)O. The monoisotopic (exact) mass is 305 g/mol. The van der Waals surface area contributed by atoms with Crippen LogP contribution in [0.25, 0.3) is 0 Å². The van der Waals surface area contributed by atoms with Crippen molar-refractivity contribution in [3.63, 3.8) is 0 Å². The molecule has 1 aliphatic rings. The fraction of sp³-hybridized carbons (Fsp3) is 0.417. The second-order valence-corrected chi connectivity index (χ2v) is 4.48. The van der Waals surface area contributed by atoms with Crippen LogP contribution >= 0.6 is 0 Å². The average Bonchev–Trinajstić information content (AvgIpc) is 2.40. The lowest BCUT2D eigenvalue weighted by Crippen LogP contribution is -2.37. The Labute approximate surface area is 118 Å². The van der Waals surface area contributed by atoms with Crippen LogP contribution in [-0.2, 0) is 10.9 Å². The van der Waals surface area contributed by atoms with Crippen LogP contribution in [0.5, 0.6) is 0 Å². The van der Waals surface area contributed by atoms with Gasteiger partial charge in [-0.2, -0.15) is 13.2 Å². The van der Waals surface area contributed by atoms with Crippen molar-refractivity contribution in [1.29, 1.82) is 0 Å². The number of carbonyl (C=O) groups is 1. The summed E-state index contributed by atoms with van der Waals surface area (Å²) >= 11 is 0. The van der Waals surface area contributed by atoms with Crippen LogP contribution in [0.4, 0.5) is 35.0 Å². The lowest BCUT2D eigenvalue weighted by atomic mass is 10.1. The molecule has 0 bridgehead atoms. The Hall–Kier alpha value is -2.16. The topological polar surface area (TPSA) is 87.8 Å². The van der Waals surface area contributed by atoms with Crippen molar-refractivity contribution in [2.45, 2.75) is 6.18 Å². The minimum absolute atomic E-state index is 0.0722. The molecular formula is C12H14F3N3O3. The maximum atomic E-state index is 13.1. The molecular weight excluding hydrogens is 291 g/mol. The highest BCUT2D eigenvalue weighted by molar-refractivity contribution is 5.89. The number of rotatable bonds is 2. The van der Waals surface area contributed by atoms with E-state index in [0.29, 0.717) is 26.3 Å². The molecule has 6 nitrogen and oxygen atoms in total. The first kappa shape index (κ1) is 15.2. The zero-order chi connectivity index (χ0) is 15.6. The second kappa shape index (κ2) is 5.68. The molecule has 1 aliphatic heterocycles. The number of benzene rings is 1. The van der Waals surface area contributed by atoms with Gasteiger partial charge < -0.3 is 20.5 Å². The zero-order valence-electron chi connectivity index (χ0n) is 10.9. The van der Waals surface area contributed by atoms with Gasteiger partial charge in [0.2, 0.25) is 0 Å². The summed E-state index contributed by atoms with van der Waals surface area (Å²) < 4.78 is 44.5. The Morgan fingerprint density at radius 1 is 1.33 bits per heavy atom. The molecule has 21 heavy (non-hydrogen) atoms. The third-order valence-corrected chi connectivity index (χ3v) is 3.07. The highest BCUT2D eigenvalue weighted by Crippen LogP contribution is 2.40. The quantitative estimate of drug-likeness (QED) is 0.729. The smallest absolute Gasteiger partial charge is 0.418 e. The van der Waals surface area contributed by atoms with E-state index in [-0.39, 0.29) is 17.1 Å². The average molecular weight is 305 g/mol. The number of morpholine rings is 1. The van der Waals surface area contributed by atoms with Crippen molar-refractivity contribution in [2.75, 3.05) is 42.3 Å². The van der Waals surface area contributed by atoms with E-state index in [0.717, 1.165) is 12.1 Å². The largest absolute Gasteiger partial charge is 0.465 e. The van der Waals surface area contributed by atoms with Crippen LogP contribution < -0.4 is 16.0 Å². The first-order valence-corrected chi connectivity index (χ1v) is 6.12. The summed E-state index contributed by atoms with van der Waals surface area (Å²) in [5, 5.41) is 10.7. The molecule has 9 heteroatoms. The summed E-state index contributed by atoms with van der Waals surface area (Å²) in [7, 11) is 0. The van der Waals surface area contributed by atoms with Gasteiger partial charge in [-0.3, -0.25) is 5.32 Å². The molecule has 2 rings (SSSR count). The molecule has 0 unspecified atom stereocenters. The first-order valence-electron chi connectivity index (χ1n) is 6.12. The van der Waals surface area contributed by atoms with Crippen LogP contribution in [-0.4, -0.2) is 37.5 Å². The third kappa shape index (κ3) is 3.48. The number of nitrogen functional groups attached to an aromatic ring is 1. The van der Waals surface area contributed by atoms with E-state index < -0.39 is 17.8 Å². The number of anilines is 3. The minimum atomic E-state index is -4.58. The van der Waals surface area contributed by atoms with Crippen molar-refractivity contribution in [3.8, 4) is 0 Å². The molecule has 116 valence electrons. The van der Waals surface area contributed by atoms with Crippen LogP contribution in [0.15, 0.2) is 12.1 Å². The Bertz CT molecular complexity index is 543. The van der Waals surface area contributed by atoms with E-state index in [2.05, 4.69) is 0 Å². The third-order valence-electron chi connectivity index (χ3n) is 3.07. The first-order chi connectivity index (χ1) is 9.79. The maximum absolute atomic E-state index is 13.1. The van der Waals surface area contributed by atoms with E-state index in [1.165, 1.54) is 4.90 Å². The van der Waals surface area contributed by atoms with Crippen LogP contribution in [0, 0.1) is 0 Å². The van der Waals surface area contributed by atoms with Crippen molar-refractivity contribution in [1.82, 2.24) is 0 Å². The molecule has 0 spiro atoms. The number of amides is 1. The number of hydrogen-bond donors (Lipinski definition) is 3. The van der Waals surface area contributed by atoms with E-state index in [9.17, 15) is 18.0 Å². The molecule has 1 amide bonds. The number of nitrogens with one attached hydrogen (secondary N) is 1. The number of alkyl halides is 3. The van der Waals surface area contributed by atoms with Crippen molar-refractivity contribution in [3.05, 3.63) is 17.7 Å². The van der Waals surface area contributed by atoms with Crippen LogP contribution in [0.2, 0.25) is 0 Å². The summed E-state index contributed by atoms with van der Waals surface area (Å²) in [6.07, 6.45) is -5.97. The van der Waals surface area contributed by atoms with Gasteiger partial charge in [-0.05, 0) is 12.1 Å². The molecule has 1 aromatic carbocycles. The van der Waals surface area contributed by atoms with Gasteiger partial charge in [-0.25, -0.2) is 4.79 Å². The fourth-order valence-corrected chi connectivity index (χ4v) is 2.12. The lowest BCUT2D eigenvalue weighted by molar-refractivity contribution is -0.137. The Kier molecular flexibility index (Phi) is 4.12. The predicted molar refractivity (Wildman–Crippen MR) is 70.5 cm³/mol. The summed E-state index contributed by atoms with van der Waals surface area (Å²) in [5.74, 6) is 0.